The van der Waals surface area contributed by atoms with Crippen LogP contribution in [0.2, 0.25) is 0 Å². The second-order valence-electron chi connectivity index (χ2n) is 30.7. The third-order valence-corrected chi connectivity index (χ3v) is 23.9. The molecule has 0 spiro atoms. The highest BCUT2D eigenvalue weighted by atomic mass is 14.4. The van der Waals surface area contributed by atoms with Crippen molar-refractivity contribution in [2.24, 2.45) is 41.4 Å². The topological polar surface area (TPSA) is 0 Å². The van der Waals surface area contributed by atoms with E-state index in [1.807, 2.05) is 0 Å². The van der Waals surface area contributed by atoms with E-state index in [2.05, 4.69) is 284 Å². The molecule has 0 bridgehead atoms. The summed E-state index contributed by atoms with van der Waals surface area (Å²) < 4.78 is 0. The fourth-order valence-corrected chi connectivity index (χ4v) is 18.0. The van der Waals surface area contributed by atoms with Crippen molar-refractivity contribution >= 4 is 21.9 Å². The molecule has 0 heteroatoms. The molecule has 0 N–H and O–H groups in total. The Kier molecular flexibility index (Phi) is 20.5. The van der Waals surface area contributed by atoms with Gasteiger partial charge in [0.2, 0.25) is 0 Å². The zero-order chi connectivity index (χ0) is 65.5. The Hall–Kier alpha value is -8.06. The summed E-state index contributed by atoms with van der Waals surface area (Å²) in [5.74, 6) is 7.08. The van der Waals surface area contributed by atoms with Gasteiger partial charge in [-0.05, 0) is 269 Å². The molecule has 0 nitrogen and oxygen atoms in total. The second kappa shape index (κ2) is 30.1. The number of hydrogen-bond donors (Lipinski definition) is 0. The van der Waals surface area contributed by atoms with Crippen LogP contribution in [0.3, 0.4) is 0 Å². The van der Waals surface area contributed by atoms with Crippen molar-refractivity contribution in [1.82, 2.24) is 0 Å². The molecule has 0 aromatic heterocycles. The highest BCUT2D eigenvalue weighted by molar-refractivity contribution is 5.89. The van der Waals surface area contributed by atoms with Gasteiger partial charge in [0.25, 0.3) is 0 Å². The van der Waals surface area contributed by atoms with Gasteiger partial charge in [-0.3, -0.25) is 0 Å². The van der Waals surface area contributed by atoms with E-state index in [-0.39, 0.29) is 0 Å². The SMILES string of the molecule is C1=CC2C(=C1)C(Cc1ccc(C3CCCCC3)cc1)=CC=C2c1ccc2ccccc2c1.CC1=CC=C2C(Cc3ccc(C4CCC(C(C)C)CC4)cc3)=CC=C(C3=CCCC=C3)C12.Cc1cccc(C2=CC=C(Cc3ccc(C4CCC(C(C)C)CC4)cc3)C3=CC=CC32)c1. The highest BCUT2D eigenvalue weighted by Crippen LogP contribution is 2.48. The van der Waals surface area contributed by atoms with E-state index in [1.165, 1.54) is 202 Å². The van der Waals surface area contributed by atoms with Gasteiger partial charge >= 0.3 is 0 Å². The third kappa shape index (κ3) is 14.9. The number of fused-ring (bicyclic) bond motifs is 4. The fraction of sp³-hybridized carbons (Fsp3) is 0.354. The molecule has 0 aliphatic heterocycles. The summed E-state index contributed by atoms with van der Waals surface area (Å²) in [5, 5.41) is 2.62. The van der Waals surface area contributed by atoms with E-state index in [0.29, 0.717) is 17.8 Å². The van der Waals surface area contributed by atoms with E-state index in [9.17, 15) is 0 Å². The maximum Gasteiger partial charge on any atom is 0.0307 e. The maximum atomic E-state index is 2.42. The number of aryl methyl sites for hydroxylation is 1. The van der Waals surface area contributed by atoms with Gasteiger partial charge in [0.05, 0.1) is 0 Å². The van der Waals surface area contributed by atoms with Crippen LogP contribution in [-0.4, -0.2) is 0 Å². The van der Waals surface area contributed by atoms with Crippen molar-refractivity contribution in [3.8, 4) is 0 Å². The summed E-state index contributed by atoms with van der Waals surface area (Å²) in [7, 11) is 0. The summed E-state index contributed by atoms with van der Waals surface area (Å²) in [6.07, 6.45) is 63.2. The molecule has 10 aliphatic carbocycles. The van der Waals surface area contributed by atoms with Gasteiger partial charge in [0.1, 0.15) is 0 Å². The average molecular weight is 1260 g/mol. The number of hydrogen-bond acceptors (Lipinski definition) is 0. The Labute approximate surface area is 577 Å². The summed E-state index contributed by atoms with van der Waals surface area (Å²) in [4.78, 5) is 0. The second-order valence-corrected chi connectivity index (χ2v) is 30.7. The lowest BCUT2D eigenvalue weighted by atomic mass is 9.74. The minimum Gasteiger partial charge on any atom is -0.0836 e. The predicted octanol–water partition coefficient (Wildman–Crippen LogP) is 26.0. The Balaban J connectivity index is 0.000000124. The standard InChI is InChI=1S/C32H30.C32H36.C32H38/c1-2-7-24(8-3-1)26-15-13-23(14-16-26)21-28-19-20-31(32-12-6-11-30(28)32)29-18-17-25-9-4-5-10-27(25)22-29;1-22(2)25-14-16-27(17-15-25)26-12-10-24(11-13-26)21-29-18-19-31(32-9-5-8-30(29)32)28-7-4-6-23(3)20-28;1-22(2)25-14-16-27(17-15-25)26-12-10-24(11-13-26)21-29-18-20-30(28-7-5-4-6-8-28)32-23(3)9-19-31(29)32/h4-6,9-20,22,24,32H,1-3,7-8,21H2;4-13,18-20,22,25,27,32H,14-17,21H2,1-3H3;5,7-13,18-20,22,25,27,32H,4,6,14-17,21H2,1-3H3. The minimum atomic E-state index is 0.373. The molecule has 6 aromatic carbocycles. The molecule has 0 heterocycles. The number of rotatable bonds is 14. The zero-order valence-electron chi connectivity index (χ0n) is 58.6. The van der Waals surface area contributed by atoms with Gasteiger partial charge in [-0.15, -0.1) is 0 Å². The largest absolute Gasteiger partial charge is 0.0836 e. The van der Waals surface area contributed by atoms with Gasteiger partial charge in [-0.1, -0.05) is 295 Å². The predicted molar refractivity (Wildman–Crippen MR) is 412 cm³/mol. The van der Waals surface area contributed by atoms with Gasteiger partial charge in [0, 0.05) is 17.8 Å². The minimum absolute atomic E-state index is 0.373. The number of allylic oxidation sites excluding steroid dienone is 28. The third-order valence-electron chi connectivity index (χ3n) is 23.9. The van der Waals surface area contributed by atoms with E-state index in [1.54, 1.807) is 16.7 Å². The van der Waals surface area contributed by atoms with Crippen molar-refractivity contribution in [3.63, 3.8) is 0 Å². The smallest absolute Gasteiger partial charge is 0.0307 e. The van der Waals surface area contributed by atoms with Crippen LogP contribution in [0, 0.1) is 48.3 Å². The molecule has 3 saturated carbocycles. The highest BCUT2D eigenvalue weighted by Gasteiger charge is 2.33. The van der Waals surface area contributed by atoms with Crippen LogP contribution < -0.4 is 0 Å². The molecule has 3 unspecified atom stereocenters. The van der Waals surface area contributed by atoms with E-state index >= 15 is 0 Å². The van der Waals surface area contributed by atoms with Crippen molar-refractivity contribution in [1.29, 1.82) is 0 Å². The molecular formula is C96H104. The van der Waals surface area contributed by atoms with Crippen LogP contribution in [-0.2, 0) is 19.3 Å². The maximum absolute atomic E-state index is 2.42. The van der Waals surface area contributed by atoms with Crippen LogP contribution >= 0.6 is 0 Å². The van der Waals surface area contributed by atoms with E-state index < -0.39 is 0 Å². The normalized spacial score (nSPS) is 24.2. The summed E-state index contributed by atoms with van der Waals surface area (Å²) >= 11 is 0. The van der Waals surface area contributed by atoms with Crippen molar-refractivity contribution < 1.29 is 0 Å². The molecule has 488 valence electrons. The van der Waals surface area contributed by atoms with Gasteiger partial charge in [-0.25, -0.2) is 0 Å². The molecule has 0 saturated heterocycles. The van der Waals surface area contributed by atoms with Crippen molar-refractivity contribution in [2.45, 2.75) is 175 Å². The lowest BCUT2D eigenvalue weighted by Gasteiger charge is -2.31. The van der Waals surface area contributed by atoms with Crippen LogP contribution in [0.4, 0.5) is 0 Å². The molecule has 16 rings (SSSR count). The molecule has 0 amide bonds. The Morgan fingerprint density at radius 3 is 1.35 bits per heavy atom. The first-order valence-electron chi connectivity index (χ1n) is 37.6. The van der Waals surface area contributed by atoms with Crippen LogP contribution in [0.25, 0.3) is 21.9 Å². The quantitative estimate of drug-likeness (QED) is 0.102. The zero-order valence-corrected chi connectivity index (χ0v) is 58.6. The van der Waals surface area contributed by atoms with Gasteiger partial charge < -0.3 is 0 Å². The van der Waals surface area contributed by atoms with Crippen molar-refractivity contribution in [3.05, 3.63) is 343 Å². The molecule has 6 aromatic rings. The summed E-state index contributed by atoms with van der Waals surface area (Å²) in [5.41, 5.74) is 29.0. The van der Waals surface area contributed by atoms with Crippen LogP contribution in [0.15, 0.2) is 293 Å². The van der Waals surface area contributed by atoms with Crippen molar-refractivity contribution in [2.75, 3.05) is 0 Å². The Morgan fingerprint density at radius 2 is 0.854 bits per heavy atom. The summed E-state index contributed by atoms with van der Waals surface area (Å²) in [6, 6.07) is 53.1. The summed E-state index contributed by atoms with van der Waals surface area (Å²) in [6.45, 7) is 14.0. The first kappa shape index (κ1) is 65.2. The van der Waals surface area contributed by atoms with Crippen LogP contribution in [0.5, 0.6) is 0 Å². The molecule has 96 heavy (non-hydrogen) atoms. The van der Waals surface area contributed by atoms with Crippen LogP contribution in [0.1, 0.15) is 199 Å². The Bertz CT molecular complexity index is 4230. The molecule has 0 radical (unpaired) electrons. The van der Waals surface area contributed by atoms with Gasteiger partial charge in [0.15, 0.2) is 0 Å². The molecule has 3 atom stereocenters. The van der Waals surface area contributed by atoms with E-state index in [4.69, 9.17) is 0 Å². The molecule has 3 fully saturated rings. The van der Waals surface area contributed by atoms with Gasteiger partial charge in [-0.2, -0.15) is 0 Å². The Morgan fingerprint density at radius 1 is 0.375 bits per heavy atom. The molecule has 10 aliphatic rings. The lowest BCUT2D eigenvalue weighted by Crippen LogP contribution is -2.17. The lowest BCUT2D eigenvalue weighted by molar-refractivity contribution is 0.259. The average Bonchev–Trinajstić information content (AvgIpc) is 1.75. The first-order chi connectivity index (χ1) is 47.0. The molecular weight excluding hydrogens is 1150 g/mol. The fourth-order valence-electron chi connectivity index (χ4n) is 18.0. The first-order valence-corrected chi connectivity index (χ1v) is 37.6. The van der Waals surface area contributed by atoms with E-state index in [0.717, 1.165) is 60.7 Å². The number of benzene rings is 6. The monoisotopic (exact) mass is 1260 g/mol.